The van der Waals surface area contributed by atoms with Crippen LogP contribution < -0.4 is 0 Å². The van der Waals surface area contributed by atoms with Crippen LogP contribution in [-0.4, -0.2) is 24.1 Å². The Hall–Kier alpha value is -8.15. The number of hydrogen-bond donors (Lipinski definition) is 0. The summed E-state index contributed by atoms with van der Waals surface area (Å²) in [7, 11) is 0. The monoisotopic (exact) mass is 765 g/mol. The van der Waals surface area contributed by atoms with Gasteiger partial charge in [-0.2, -0.15) is 9.97 Å². The third kappa shape index (κ3) is 5.44. The van der Waals surface area contributed by atoms with Crippen molar-refractivity contribution in [1.82, 2.24) is 24.1 Å². The molecule has 0 spiro atoms. The zero-order valence-electron chi connectivity index (χ0n) is 32.4. The molecule has 0 N–H and O–H groups in total. The molecule has 0 saturated carbocycles. The van der Waals surface area contributed by atoms with E-state index < -0.39 is 0 Å². The van der Waals surface area contributed by atoms with Gasteiger partial charge in [0.05, 0.1) is 22.1 Å². The summed E-state index contributed by atoms with van der Waals surface area (Å²) in [4.78, 5) is 15.7. The molecule has 0 unspecified atom stereocenters. The maximum atomic E-state index is 5.33. The molecule has 60 heavy (non-hydrogen) atoms. The molecule has 0 aliphatic heterocycles. The quantitative estimate of drug-likeness (QED) is 0.169. The van der Waals surface area contributed by atoms with Gasteiger partial charge in [0.15, 0.2) is 11.6 Å². The second kappa shape index (κ2) is 13.8. The van der Waals surface area contributed by atoms with Crippen LogP contribution in [0.4, 0.5) is 0 Å². The molecular formula is C55H35N5. The highest BCUT2D eigenvalue weighted by atomic mass is 15.2. The first-order valence-electron chi connectivity index (χ1n) is 20.3. The molecule has 0 saturated heterocycles. The summed E-state index contributed by atoms with van der Waals surface area (Å²) >= 11 is 0. The van der Waals surface area contributed by atoms with Gasteiger partial charge >= 0.3 is 0 Å². The number of aromatic nitrogens is 5. The minimum atomic E-state index is 0.568. The van der Waals surface area contributed by atoms with Crippen LogP contribution in [-0.2, 0) is 0 Å². The lowest BCUT2D eigenvalue weighted by Gasteiger charge is -2.12. The summed E-state index contributed by atoms with van der Waals surface area (Å²) in [5.74, 6) is 1.80. The lowest BCUT2D eigenvalue weighted by molar-refractivity contribution is 0.953. The van der Waals surface area contributed by atoms with E-state index in [2.05, 4.69) is 197 Å². The molecule has 5 nitrogen and oxygen atoms in total. The molecule has 0 fully saturated rings. The van der Waals surface area contributed by atoms with Crippen LogP contribution >= 0.6 is 0 Å². The maximum absolute atomic E-state index is 5.33. The fraction of sp³-hybridized carbons (Fsp3) is 0. The molecule has 12 rings (SSSR count). The molecule has 3 aromatic heterocycles. The Kier molecular flexibility index (Phi) is 7.78. The van der Waals surface area contributed by atoms with Crippen molar-refractivity contribution in [2.24, 2.45) is 0 Å². The Morgan fingerprint density at radius 1 is 0.283 bits per heavy atom. The summed E-state index contributed by atoms with van der Waals surface area (Å²) < 4.78 is 4.66. The van der Waals surface area contributed by atoms with Crippen LogP contribution in [0.25, 0.3) is 111 Å². The van der Waals surface area contributed by atoms with Gasteiger partial charge in [-0.05, 0) is 75.5 Å². The normalized spacial score (nSPS) is 11.7. The van der Waals surface area contributed by atoms with Crippen LogP contribution in [0.15, 0.2) is 212 Å². The zero-order chi connectivity index (χ0) is 39.6. The van der Waals surface area contributed by atoms with Crippen molar-refractivity contribution in [3.63, 3.8) is 0 Å². The second-order valence-electron chi connectivity index (χ2n) is 15.2. The molecule has 0 amide bonds. The van der Waals surface area contributed by atoms with E-state index in [4.69, 9.17) is 15.0 Å². The lowest BCUT2D eigenvalue weighted by atomic mass is 10.0. The van der Waals surface area contributed by atoms with Crippen molar-refractivity contribution in [2.75, 3.05) is 0 Å². The van der Waals surface area contributed by atoms with E-state index in [1.165, 1.54) is 32.7 Å². The van der Waals surface area contributed by atoms with Gasteiger partial charge in [-0.1, -0.05) is 170 Å². The van der Waals surface area contributed by atoms with Gasteiger partial charge in [0.2, 0.25) is 5.95 Å². The summed E-state index contributed by atoms with van der Waals surface area (Å²) in [6.45, 7) is 0. The van der Waals surface area contributed by atoms with Crippen molar-refractivity contribution in [2.45, 2.75) is 0 Å². The highest BCUT2D eigenvalue weighted by Gasteiger charge is 2.24. The number of para-hydroxylation sites is 1. The molecule has 0 aliphatic carbocycles. The molecule has 0 bridgehead atoms. The molecule has 0 radical (unpaired) electrons. The average molecular weight is 766 g/mol. The lowest BCUT2D eigenvalue weighted by Crippen LogP contribution is -2.06. The highest BCUT2D eigenvalue weighted by molar-refractivity contribution is 6.33. The van der Waals surface area contributed by atoms with Gasteiger partial charge in [0, 0.05) is 38.4 Å². The fourth-order valence-electron chi connectivity index (χ4n) is 9.06. The predicted octanol–water partition coefficient (Wildman–Crippen LogP) is 13.9. The number of fused-ring (bicyclic) bond motifs is 9. The SMILES string of the molecule is c1ccc(-c2cccc(-c3nc(-c4ccccc4)nc(-n4c5ccccc5c5c6c7c8ccccc8ccc7n(-c7cccc(-c8ccccc8)c7)c6ccc54)n3)c2)cc1. The fourth-order valence-corrected chi connectivity index (χ4v) is 9.06. The van der Waals surface area contributed by atoms with Crippen molar-refractivity contribution < 1.29 is 0 Å². The minimum Gasteiger partial charge on any atom is -0.309 e. The van der Waals surface area contributed by atoms with Crippen molar-refractivity contribution in [1.29, 1.82) is 0 Å². The second-order valence-corrected chi connectivity index (χ2v) is 15.2. The first-order valence-corrected chi connectivity index (χ1v) is 20.3. The standard InChI is InChI=1S/C55H35N5/c1-4-16-36(17-5-1)40-23-14-25-42(34-40)54-56-53(39-21-8-3-9-22-39)57-55(58-54)60-46-29-13-12-28-45(46)51-48(60)32-33-49-52(51)50-44-27-11-10-20-38(44)30-31-47(50)59(49)43-26-15-24-41(35-43)37-18-6-2-7-19-37/h1-35H. The van der Waals surface area contributed by atoms with Crippen molar-refractivity contribution in [3.8, 4) is 56.7 Å². The molecule has 5 heteroatoms. The molecule has 0 atom stereocenters. The molecule has 12 aromatic rings. The van der Waals surface area contributed by atoms with Crippen molar-refractivity contribution >= 4 is 54.4 Å². The summed E-state index contributed by atoms with van der Waals surface area (Å²) in [5.41, 5.74) is 11.9. The van der Waals surface area contributed by atoms with E-state index in [1.54, 1.807) is 0 Å². The van der Waals surface area contributed by atoms with Gasteiger partial charge in [-0.25, -0.2) is 4.98 Å². The van der Waals surface area contributed by atoms with Gasteiger partial charge < -0.3 is 4.57 Å². The van der Waals surface area contributed by atoms with Crippen LogP contribution in [0.2, 0.25) is 0 Å². The summed E-state index contributed by atoms with van der Waals surface area (Å²) in [6, 6.07) is 75.1. The third-order valence-corrected chi connectivity index (χ3v) is 11.8. The number of hydrogen-bond acceptors (Lipinski definition) is 3. The van der Waals surface area contributed by atoms with E-state index in [0.717, 1.165) is 60.8 Å². The van der Waals surface area contributed by atoms with E-state index >= 15 is 0 Å². The molecular weight excluding hydrogens is 731 g/mol. The van der Waals surface area contributed by atoms with Gasteiger partial charge in [0.1, 0.15) is 0 Å². The number of benzene rings is 9. The van der Waals surface area contributed by atoms with Gasteiger partial charge in [-0.3, -0.25) is 4.57 Å². The largest absolute Gasteiger partial charge is 0.309 e. The zero-order valence-corrected chi connectivity index (χ0v) is 32.4. The van der Waals surface area contributed by atoms with Crippen LogP contribution in [0.5, 0.6) is 0 Å². The number of nitrogens with zero attached hydrogens (tertiary/aromatic N) is 5. The van der Waals surface area contributed by atoms with E-state index in [-0.39, 0.29) is 0 Å². The topological polar surface area (TPSA) is 48.5 Å². The van der Waals surface area contributed by atoms with Crippen LogP contribution in [0.3, 0.4) is 0 Å². The number of rotatable bonds is 6. The smallest absolute Gasteiger partial charge is 0.238 e. The van der Waals surface area contributed by atoms with Crippen LogP contribution in [0.1, 0.15) is 0 Å². The third-order valence-electron chi connectivity index (χ3n) is 11.8. The predicted molar refractivity (Wildman–Crippen MR) is 248 cm³/mol. The Bertz CT molecular complexity index is 3590. The summed E-state index contributed by atoms with van der Waals surface area (Å²) in [5, 5.41) is 7.15. The van der Waals surface area contributed by atoms with E-state index in [9.17, 15) is 0 Å². The minimum absolute atomic E-state index is 0.568. The Balaban J connectivity index is 1.16. The van der Waals surface area contributed by atoms with Crippen molar-refractivity contribution in [3.05, 3.63) is 212 Å². The van der Waals surface area contributed by atoms with E-state index in [1.807, 2.05) is 24.3 Å². The van der Waals surface area contributed by atoms with Gasteiger partial charge in [-0.15, -0.1) is 0 Å². The van der Waals surface area contributed by atoms with Gasteiger partial charge in [0.25, 0.3) is 0 Å². The average Bonchev–Trinajstić information content (AvgIpc) is 3.86. The molecule has 3 heterocycles. The first-order chi connectivity index (χ1) is 29.8. The molecule has 280 valence electrons. The molecule has 9 aromatic carbocycles. The Morgan fingerprint density at radius 2 is 0.783 bits per heavy atom. The first kappa shape index (κ1) is 33.9. The maximum Gasteiger partial charge on any atom is 0.238 e. The van der Waals surface area contributed by atoms with E-state index in [0.29, 0.717) is 17.6 Å². The highest BCUT2D eigenvalue weighted by Crippen LogP contribution is 2.44. The Labute approximate surface area is 346 Å². The Morgan fingerprint density at radius 3 is 1.52 bits per heavy atom. The summed E-state index contributed by atoms with van der Waals surface area (Å²) in [6.07, 6.45) is 0. The molecule has 0 aliphatic rings. The van der Waals surface area contributed by atoms with Crippen LogP contribution in [0, 0.1) is 0 Å².